The largest absolute Gasteiger partial charge is 0.256 e. The lowest BCUT2D eigenvalue weighted by Crippen LogP contribution is -2.37. The van der Waals surface area contributed by atoms with Gasteiger partial charge in [-0.25, -0.2) is 4.99 Å². The van der Waals surface area contributed by atoms with Gasteiger partial charge in [0.05, 0.1) is 19.8 Å². The molecule has 0 saturated carbocycles. The third-order valence-corrected chi connectivity index (χ3v) is 2.17. The van der Waals surface area contributed by atoms with Gasteiger partial charge in [0, 0.05) is 6.42 Å². The van der Waals surface area contributed by atoms with Gasteiger partial charge in [0.1, 0.15) is 6.20 Å². The summed E-state index contributed by atoms with van der Waals surface area (Å²) in [6.45, 7) is 7.96. The normalized spacial score (nSPS) is 28.3. The molecular formula is C10H19N2+. The van der Waals surface area contributed by atoms with Gasteiger partial charge in [-0.3, -0.25) is 4.48 Å². The summed E-state index contributed by atoms with van der Waals surface area (Å²) >= 11 is 0. The third kappa shape index (κ3) is 2.78. The fourth-order valence-electron chi connectivity index (χ4n) is 1.13. The summed E-state index contributed by atoms with van der Waals surface area (Å²) in [5.74, 6) is 0. The number of hydrogen-bond donors (Lipinski definition) is 0. The van der Waals surface area contributed by atoms with E-state index in [-0.39, 0.29) is 0 Å². The van der Waals surface area contributed by atoms with Crippen LogP contribution in [0.3, 0.4) is 0 Å². The highest BCUT2D eigenvalue weighted by Gasteiger charge is 2.22. The molecule has 1 aliphatic rings. The van der Waals surface area contributed by atoms with Crippen molar-refractivity contribution in [2.75, 3.05) is 13.6 Å². The SMILES string of the molecule is CC(C)(C)CC[N+]1(C)C=CN=C1. The highest BCUT2D eigenvalue weighted by atomic mass is 15.3. The van der Waals surface area contributed by atoms with Crippen LogP contribution >= 0.6 is 0 Å². The first-order valence-corrected chi connectivity index (χ1v) is 4.48. The van der Waals surface area contributed by atoms with E-state index in [0.29, 0.717) is 5.41 Å². The monoisotopic (exact) mass is 167 g/mol. The van der Waals surface area contributed by atoms with Crippen molar-refractivity contribution in [2.45, 2.75) is 27.2 Å². The molecule has 0 saturated heterocycles. The van der Waals surface area contributed by atoms with E-state index in [1.807, 2.05) is 12.5 Å². The molecule has 0 fully saturated rings. The van der Waals surface area contributed by atoms with E-state index in [0.717, 1.165) is 11.0 Å². The van der Waals surface area contributed by atoms with E-state index < -0.39 is 0 Å². The summed E-state index contributed by atoms with van der Waals surface area (Å²) in [7, 11) is 2.18. The van der Waals surface area contributed by atoms with Crippen LogP contribution < -0.4 is 0 Å². The van der Waals surface area contributed by atoms with Crippen LogP contribution in [0.1, 0.15) is 27.2 Å². The number of aliphatic imine (C=N–C) groups is 1. The first-order valence-electron chi connectivity index (χ1n) is 4.48. The molecule has 0 aliphatic carbocycles. The van der Waals surface area contributed by atoms with Gasteiger partial charge < -0.3 is 0 Å². The predicted molar refractivity (Wildman–Crippen MR) is 52.8 cm³/mol. The minimum atomic E-state index is 0.422. The first kappa shape index (κ1) is 9.46. The van der Waals surface area contributed by atoms with E-state index in [9.17, 15) is 0 Å². The zero-order valence-electron chi connectivity index (χ0n) is 8.54. The first-order chi connectivity index (χ1) is 5.41. The lowest BCUT2D eigenvalue weighted by molar-refractivity contribution is -0.757. The Bertz CT molecular complexity index is 196. The topological polar surface area (TPSA) is 12.4 Å². The van der Waals surface area contributed by atoms with E-state index in [2.05, 4.69) is 39.0 Å². The minimum Gasteiger partial charge on any atom is -0.256 e. The molecule has 0 amide bonds. The van der Waals surface area contributed by atoms with Crippen molar-refractivity contribution in [1.29, 1.82) is 0 Å². The van der Waals surface area contributed by atoms with Gasteiger partial charge in [0.25, 0.3) is 0 Å². The van der Waals surface area contributed by atoms with E-state index >= 15 is 0 Å². The molecule has 0 spiro atoms. The van der Waals surface area contributed by atoms with Crippen LogP contribution in [0.5, 0.6) is 0 Å². The summed E-state index contributed by atoms with van der Waals surface area (Å²) in [6, 6.07) is 0. The molecule has 12 heavy (non-hydrogen) atoms. The third-order valence-electron chi connectivity index (χ3n) is 2.17. The quantitative estimate of drug-likeness (QED) is 0.560. The maximum absolute atomic E-state index is 4.10. The molecule has 2 nitrogen and oxygen atoms in total. The van der Waals surface area contributed by atoms with E-state index in [4.69, 9.17) is 0 Å². The summed E-state index contributed by atoms with van der Waals surface area (Å²) in [4.78, 5) is 4.10. The van der Waals surface area contributed by atoms with Gasteiger partial charge in [-0.1, -0.05) is 20.8 Å². The second kappa shape index (κ2) is 3.02. The molecule has 0 radical (unpaired) electrons. The molecule has 1 rings (SSSR count). The highest BCUT2D eigenvalue weighted by Crippen LogP contribution is 2.21. The van der Waals surface area contributed by atoms with Gasteiger partial charge in [-0.15, -0.1) is 0 Å². The molecule has 1 heterocycles. The van der Waals surface area contributed by atoms with Crippen molar-refractivity contribution in [2.24, 2.45) is 10.4 Å². The smallest absolute Gasteiger partial charge is 0.194 e. The molecular weight excluding hydrogens is 148 g/mol. The summed E-state index contributed by atoms with van der Waals surface area (Å²) < 4.78 is 0.858. The van der Waals surface area contributed by atoms with Gasteiger partial charge in [-0.2, -0.15) is 0 Å². The van der Waals surface area contributed by atoms with Crippen LogP contribution in [0.4, 0.5) is 0 Å². The maximum atomic E-state index is 4.10. The molecule has 0 aromatic carbocycles. The van der Waals surface area contributed by atoms with Crippen molar-refractivity contribution in [3.63, 3.8) is 0 Å². The number of hydrogen-bond acceptors (Lipinski definition) is 1. The van der Waals surface area contributed by atoms with E-state index in [1.165, 1.54) is 6.42 Å². The van der Waals surface area contributed by atoms with Crippen LogP contribution in [0.2, 0.25) is 0 Å². The maximum Gasteiger partial charge on any atom is 0.194 e. The summed E-state index contributed by atoms with van der Waals surface area (Å²) in [5, 5.41) is 0. The molecule has 2 heteroatoms. The van der Waals surface area contributed by atoms with Crippen LogP contribution in [-0.4, -0.2) is 24.4 Å². The Hall–Kier alpha value is -0.630. The van der Waals surface area contributed by atoms with Crippen molar-refractivity contribution in [1.82, 2.24) is 0 Å². The standard InChI is InChI=1S/C10H19N2/c1-10(2,3)5-7-12(4)8-6-11-9-12/h6,8-9H,5,7H2,1-4H3/q+1. The van der Waals surface area contributed by atoms with Crippen molar-refractivity contribution in [3.05, 3.63) is 12.4 Å². The van der Waals surface area contributed by atoms with E-state index in [1.54, 1.807) is 0 Å². The van der Waals surface area contributed by atoms with Crippen LogP contribution in [-0.2, 0) is 0 Å². The fourth-order valence-corrected chi connectivity index (χ4v) is 1.13. The minimum absolute atomic E-state index is 0.422. The zero-order valence-corrected chi connectivity index (χ0v) is 8.54. The second-order valence-electron chi connectivity index (χ2n) is 4.94. The van der Waals surface area contributed by atoms with Gasteiger partial charge in [-0.05, 0) is 5.41 Å². The van der Waals surface area contributed by atoms with Gasteiger partial charge in [0.2, 0.25) is 0 Å². The lowest BCUT2D eigenvalue weighted by Gasteiger charge is -2.26. The Labute approximate surface area is 75.2 Å². The second-order valence-corrected chi connectivity index (χ2v) is 4.94. The summed E-state index contributed by atoms with van der Waals surface area (Å²) in [6.07, 6.45) is 7.22. The highest BCUT2D eigenvalue weighted by molar-refractivity contribution is 5.50. The predicted octanol–water partition coefficient (Wildman–Crippen LogP) is 2.38. The Balaban J connectivity index is 2.42. The lowest BCUT2D eigenvalue weighted by atomic mass is 9.92. The van der Waals surface area contributed by atoms with Crippen molar-refractivity contribution in [3.8, 4) is 0 Å². The molecule has 1 unspecified atom stereocenters. The number of nitrogens with zero attached hydrogens (tertiary/aromatic N) is 2. The summed E-state index contributed by atoms with van der Waals surface area (Å²) in [5.41, 5.74) is 0.422. The fraction of sp³-hybridized carbons (Fsp3) is 0.700. The molecule has 0 aromatic heterocycles. The molecule has 1 aliphatic heterocycles. The molecule has 0 N–H and O–H groups in total. The van der Waals surface area contributed by atoms with Crippen LogP contribution in [0.15, 0.2) is 17.4 Å². The van der Waals surface area contributed by atoms with Crippen molar-refractivity contribution < 1.29 is 4.48 Å². The molecule has 1 atom stereocenters. The Morgan fingerprint density at radius 2 is 2.00 bits per heavy atom. The number of quaternary nitrogens is 1. The van der Waals surface area contributed by atoms with Crippen molar-refractivity contribution >= 4 is 6.34 Å². The van der Waals surface area contributed by atoms with Gasteiger partial charge in [0.15, 0.2) is 6.34 Å². The Morgan fingerprint density at radius 1 is 1.33 bits per heavy atom. The Morgan fingerprint density at radius 3 is 2.42 bits per heavy atom. The average molecular weight is 167 g/mol. The molecule has 0 bridgehead atoms. The average Bonchev–Trinajstić information content (AvgIpc) is 2.32. The van der Waals surface area contributed by atoms with Gasteiger partial charge >= 0.3 is 0 Å². The van der Waals surface area contributed by atoms with Crippen LogP contribution in [0.25, 0.3) is 0 Å². The Kier molecular flexibility index (Phi) is 2.38. The molecule has 0 aromatic rings. The zero-order chi connectivity index (χ0) is 9.24. The molecule has 68 valence electrons. The van der Waals surface area contributed by atoms with Crippen LogP contribution in [0, 0.1) is 5.41 Å². The number of rotatable bonds is 2.